The highest BCUT2D eigenvalue weighted by molar-refractivity contribution is 7.25. The van der Waals surface area contributed by atoms with Crippen molar-refractivity contribution < 1.29 is 0 Å². The van der Waals surface area contributed by atoms with E-state index in [4.69, 9.17) is 0 Å². The largest absolute Gasteiger partial charge is 0.356 e. The number of benzene rings is 4. The van der Waals surface area contributed by atoms with Crippen molar-refractivity contribution in [1.82, 2.24) is 0 Å². The summed E-state index contributed by atoms with van der Waals surface area (Å²) in [5.74, 6) is 0. The van der Waals surface area contributed by atoms with Gasteiger partial charge in [0.25, 0.3) is 0 Å². The van der Waals surface area contributed by atoms with Gasteiger partial charge in [0.2, 0.25) is 0 Å². The quantitative estimate of drug-likeness (QED) is 0.246. The van der Waals surface area contributed by atoms with Crippen molar-refractivity contribution in [2.75, 3.05) is 5.32 Å². The molecule has 1 N–H and O–H groups in total. The molecule has 1 heterocycles. The molecule has 0 saturated carbocycles. The molecule has 0 aliphatic rings. The number of rotatable bonds is 7. The standard InChI is InChI=1S/C31H27NS/c1-2-9-26(13-8-12-23-10-4-3-5-11-23)32-27-19-16-24(17-20-27)25-18-21-31-29(22-25)28-14-6-7-15-30(28)33-31/h2-7,9-11,13-22,32H,8,12H2,1H3/b9-2-,26-13+. The first-order valence-corrected chi connectivity index (χ1v) is 12.3. The number of hydrogen-bond donors (Lipinski definition) is 1. The SMILES string of the molecule is C/C=C\C(=C/CCc1ccccc1)Nc1ccc(-c2ccc3sc4ccccc4c3c2)cc1. The fourth-order valence-electron chi connectivity index (χ4n) is 4.20. The van der Waals surface area contributed by atoms with Crippen LogP contribution in [0.5, 0.6) is 0 Å². The average Bonchev–Trinajstić information content (AvgIpc) is 3.23. The van der Waals surface area contributed by atoms with E-state index in [0.717, 1.165) is 24.2 Å². The molecule has 1 nitrogen and oxygen atoms in total. The van der Waals surface area contributed by atoms with Gasteiger partial charge in [0.05, 0.1) is 0 Å². The maximum atomic E-state index is 3.57. The van der Waals surface area contributed by atoms with Crippen molar-refractivity contribution in [2.45, 2.75) is 19.8 Å². The van der Waals surface area contributed by atoms with Crippen LogP contribution < -0.4 is 5.32 Å². The summed E-state index contributed by atoms with van der Waals surface area (Å²) >= 11 is 1.86. The molecule has 2 heteroatoms. The highest BCUT2D eigenvalue weighted by Crippen LogP contribution is 2.36. The predicted molar refractivity (Wildman–Crippen MR) is 146 cm³/mol. The number of allylic oxidation sites excluding steroid dienone is 3. The van der Waals surface area contributed by atoms with Gasteiger partial charge in [-0.05, 0) is 72.9 Å². The second kappa shape index (κ2) is 9.89. The fraction of sp³-hybridized carbons (Fsp3) is 0.0968. The molecule has 5 aromatic rings. The van der Waals surface area contributed by atoms with Gasteiger partial charge in [-0.15, -0.1) is 11.3 Å². The van der Waals surface area contributed by atoms with Gasteiger partial charge in [-0.3, -0.25) is 0 Å². The van der Waals surface area contributed by atoms with E-state index in [1.807, 2.05) is 11.3 Å². The molecule has 0 aliphatic carbocycles. The lowest BCUT2D eigenvalue weighted by Gasteiger charge is -2.10. The van der Waals surface area contributed by atoms with Crippen molar-refractivity contribution in [2.24, 2.45) is 0 Å². The minimum Gasteiger partial charge on any atom is -0.356 e. The van der Waals surface area contributed by atoms with Gasteiger partial charge >= 0.3 is 0 Å². The van der Waals surface area contributed by atoms with Gasteiger partial charge in [0.15, 0.2) is 0 Å². The van der Waals surface area contributed by atoms with E-state index in [9.17, 15) is 0 Å². The Balaban J connectivity index is 1.33. The van der Waals surface area contributed by atoms with Crippen molar-refractivity contribution in [1.29, 1.82) is 0 Å². The van der Waals surface area contributed by atoms with Crippen LogP contribution in [-0.4, -0.2) is 0 Å². The van der Waals surface area contributed by atoms with Crippen LogP contribution in [0.25, 0.3) is 31.3 Å². The van der Waals surface area contributed by atoms with Crippen LogP contribution in [0.4, 0.5) is 5.69 Å². The van der Waals surface area contributed by atoms with Gasteiger partial charge in [-0.1, -0.05) is 78.9 Å². The van der Waals surface area contributed by atoms with E-state index < -0.39 is 0 Å². The number of hydrogen-bond acceptors (Lipinski definition) is 2. The van der Waals surface area contributed by atoms with Crippen LogP contribution in [-0.2, 0) is 6.42 Å². The van der Waals surface area contributed by atoms with Gasteiger partial charge in [-0.25, -0.2) is 0 Å². The average molecular weight is 446 g/mol. The van der Waals surface area contributed by atoms with Crippen molar-refractivity contribution in [3.63, 3.8) is 0 Å². The first kappa shape index (κ1) is 21.2. The summed E-state index contributed by atoms with van der Waals surface area (Å²) in [6, 6.07) is 34.8. The highest BCUT2D eigenvalue weighted by atomic mass is 32.1. The molecule has 1 aromatic heterocycles. The molecule has 0 radical (unpaired) electrons. The summed E-state index contributed by atoms with van der Waals surface area (Å²) in [5.41, 5.74) is 6.09. The summed E-state index contributed by atoms with van der Waals surface area (Å²) in [5, 5.41) is 6.25. The molecular formula is C31H27NS. The van der Waals surface area contributed by atoms with E-state index in [1.165, 1.54) is 36.9 Å². The Kier molecular flexibility index (Phi) is 6.37. The summed E-state index contributed by atoms with van der Waals surface area (Å²) in [4.78, 5) is 0. The molecule has 162 valence electrons. The summed E-state index contributed by atoms with van der Waals surface area (Å²) < 4.78 is 2.69. The smallest absolute Gasteiger partial charge is 0.0384 e. The van der Waals surface area contributed by atoms with Gasteiger partial charge < -0.3 is 5.32 Å². The third-order valence-electron chi connectivity index (χ3n) is 5.87. The minimum absolute atomic E-state index is 1.00. The van der Waals surface area contributed by atoms with Crippen LogP contribution in [0.2, 0.25) is 0 Å². The van der Waals surface area contributed by atoms with E-state index in [1.54, 1.807) is 0 Å². The number of nitrogens with one attached hydrogen (secondary N) is 1. The van der Waals surface area contributed by atoms with E-state index in [-0.39, 0.29) is 0 Å². The topological polar surface area (TPSA) is 12.0 Å². The number of aryl methyl sites for hydroxylation is 1. The minimum atomic E-state index is 1.00. The van der Waals surface area contributed by atoms with Crippen LogP contribution >= 0.6 is 11.3 Å². The van der Waals surface area contributed by atoms with Crippen LogP contribution in [0.3, 0.4) is 0 Å². The maximum Gasteiger partial charge on any atom is 0.0384 e. The Hall–Kier alpha value is -3.62. The second-order valence-corrected chi connectivity index (χ2v) is 9.28. The van der Waals surface area contributed by atoms with E-state index in [0.29, 0.717) is 0 Å². The normalized spacial score (nSPS) is 12.1. The van der Waals surface area contributed by atoms with Crippen LogP contribution in [0, 0.1) is 0 Å². The zero-order valence-electron chi connectivity index (χ0n) is 18.8. The first-order chi connectivity index (χ1) is 16.3. The number of fused-ring (bicyclic) bond motifs is 3. The molecule has 0 saturated heterocycles. The molecule has 0 unspecified atom stereocenters. The second-order valence-electron chi connectivity index (χ2n) is 8.20. The van der Waals surface area contributed by atoms with E-state index in [2.05, 4.69) is 128 Å². The molecule has 33 heavy (non-hydrogen) atoms. The Morgan fingerprint density at radius 2 is 1.48 bits per heavy atom. The lowest BCUT2D eigenvalue weighted by Crippen LogP contribution is -1.97. The zero-order chi connectivity index (χ0) is 22.5. The molecule has 4 aromatic carbocycles. The molecule has 0 bridgehead atoms. The molecule has 0 aliphatic heterocycles. The molecular weight excluding hydrogens is 418 g/mol. The molecule has 0 atom stereocenters. The van der Waals surface area contributed by atoms with Crippen LogP contribution in [0.1, 0.15) is 18.9 Å². The Labute approximate surface area is 199 Å². The van der Waals surface area contributed by atoms with Gasteiger partial charge in [-0.2, -0.15) is 0 Å². The molecule has 0 amide bonds. The van der Waals surface area contributed by atoms with Crippen LogP contribution in [0.15, 0.2) is 121 Å². The Morgan fingerprint density at radius 3 is 2.30 bits per heavy atom. The lowest BCUT2D eigenvalue weighted by molar-refractivity contribution is 0.994. The van der Waals surface area contributed by atoms with E-state index >= 15 is 0 Å². The maximum absolute atomic E-state index is 3.57. The monoisotopic (exact) mass is 445 g/mol. The number of anilines is 1. The molecule has 0 spiro atoms. The summed E-state index contributed by atoms with van der Waals surface area (Å²) in [6.45, 7) is 2.06. The third kappa shape index (κ3) is 4.92. The molecule has 5 rings (SSSR count). The van der Waals surface area contributed by atoms with Crippen molar-refractivity contribution in [3.8, 4) is 11.1 Å². The molecule has 0 fully saturated rings. The summed E-state index contributed by atoms with van der Waals surface area (Å²) in [6.07, 6.45) is 8.53. The fourth-order valence-corrected chi connectivity index (χ4v) is 5.28. The summed E-state index contributed by atoms with van der Waals surface area (Å²) in [7, 11) is 0. The van der Waals surface area contributed by atoms with Crippen molar-refractivity contribution in [3.05, 3.63) is 127 Å². The number of thiophene rings is 1. The lowest BCUT2D eigenvalue weighted by atomic mass is 10.0. The zero-order valence-corrected chi connectivity index (χ0v) is 19.6. The highest BCUT2D eigenvalue weighted by Gasteiger charge is 2.07. The van der Waals surface area contributed by atoms with Gasteiger partial charge in [0, 0.05) is 31.6 Å². The van der Waals surface area contributed by atoms with Crippen molar-refractivity contribution >= 4 is 37.2 Å². The Morgan fingerprint density at radius 1 is 0.758 bits per heavy atom. The Bertz CT molecular complexity index is 1420. The third-order valence-corrected chi connectivity index (χ3v) is 7.02. The first-order valence-electron chi connectivity index (χ1n) is 11.5. The van der Waals surface area contributed by atoms with Gasteiger partial charge in [0.1, 0.15) is 0 Å². The predicted octanol–water partition coefficient (Wildman–Crippen LogP) is 9.23.